The Bertz CT molecular complexity index is 1230. The SMILES string of the molecule is CNSNc1nccc(CN2C(=O)Oc3cc(Oc4cccnn4)cc(F)c3C23COC3)c1F. The van der Waals surface area contributed by atoms with Crippen LogP contribution in [0, 0.1) is 11.6 Å². The van der Waals surface area contributed by atoms with Gasteiger partial charge in [-0.15, -0.1) is 5.10 Å². The molecular weight excluding hydrogens is 470 g/mol. The van der Waals surface area contributed by atoms with Gasteiger partial charge in [0.15, 0.2) is 11.6 Å². The van der Waals surface area contributed by atoms with E-state index in [9.17, 15) is 4.79 Å². The number of pyridine rings is 1. The van der Waals surface area contributed by atoms with Crippen LogP contribution in [0.2, 0.25) is 0 Å². The van der Waals surface area contributed by atoms with Crippen LogP contribution >= 0.6 is 12.1 Å². The molecule has 0 unspecified atom stereocenters. The minimum atomic E-state index is -1.15. The Balaban J connectivity index is 1.48. The van der Waals surface area contributed by atoms with Crippen LogP contribution in [0.25, 0.3) is 0 Å². The first kappa shape index (κ1) is 22.3. The van der Waals surface area contributed by atoms with E-state index in [1.807, 2.05) is 0 Å². The van der Waals surface area contributed by atoms with Crippen molar-refractivity contribution < 1.29 is 27.8 Å². The van der Waals surface area contributed by atoms with E-state index in [-0.39, 0.29) is 54.1 Å². The fourth-order valence-electron chi connectivity index (χ4n) is 3.83. The predicted molar refractivity (Wildman–Crippen MR) is 117 cm³/mol. The summed E-state index contributed by atoms with van der Waals surface area (Å²) in [5, 5.41) is 7.50. The van der Waals surface area contributed by atoms with Crippen molar-refractivity contribution in [3.8, 4) is 17.4 Å². The summed E-state index contributed by atoms with van der Waals surface area (Å²) in [6, 6.07) is 7.21. The summed E-state index contributed by atoms with van der Waals surface area (Å²) in [5.41, 5.74) is -0.824. The fourth-order valence-corrected chi connectivity index (χ4v) is 4.17. The summed E-state index contributed by atoms with van der Waals surface area (Å²) in [6.45, 7) is -0.111. The molecule has 2 aliphatic rings. The molecule has 2 aromatic heterocycles. The average Bonchev–Trinajstić information content (AvgIpc) is 2.79. The molecule has 34 heavy (non-hydrogen) atoms. The molecule has 2 aliphatic heterocycles. The van der Waals surface area contributed by atoms with Crippen molar-refractivity contribution in [2.24, 2.45) is 0 Å². The molecule has 1 aromatic carbocycles. The lowest BCUT2D eigenvalue weighted by Crippen LogP contribution is -2.64. The molecule has 13 heteroatoms. The number of halogens is 2. The highest BCUT2D eigenvalue weighted by molar-refractivity contribution is 7.98. The highest BCUT2D eigenvalue weighted by Gasteiger charge is 2.55. The Morgan fingerprint density at radius 1 is 1.26 bits per heavy atom. The number of fused-ring (bicyclic) bond motifs is 2. The second-order valence-electron chi connectivity index (χ2n) is 7.46. The van der Waals surface area contributed by atoms with Crippen molar-refractivity contribution in [3.05, 3.63) is 65.5 Å². The first-order chi connectivity index (χ1) is 16.5. The van der Waals surface area contributed by atoms with Gasteiger partial charge < -0.3 is 14.2 Å². The minimum absolute atomic E-state index is 0.00137. The van der Waals surface area contributed by atoms with Crippen molar-refractivity contribution in [2.45, 2.75) is 12.1 Å². The monoisotopic (exact) mass is 488 g/mol. The predicted octanol–water partition coefficient (Wildman–Crippen LogP) is 3.38. The number of nitrogens with zero attached hydrogens (tertiary/aromatic N) is 4. The van der Waals surface area contributed by atoms with E-state index in [0.717, 1.165) is 12.1 Å². The Labute approximate surface area is 196 Å². The van der Waals surface area contributed by atoms with Crippen LogP contribution in [0.5, 0.6) is 17.4 Å². The number of nitrogens with one attached hydrogen (secondary N) is 2. The van der Waals surface area contributed by atoms with Crippen LogP contribution in [-0.4, -0.2) is 46.4 Å². The normalized spacial score (nSPS) is 16.0. The summed E-state index contributed by atoms with van der Waals surface area (Å²) in [5.74, 6) is -1.04. The number of rotatable bonds is 7. The number of benzene rings is 1. The number of amides is 1. The van der Waals surface area contributed by atoms with Crippen molar-refractivity contribution >= 4 is 24.0 Å². The molecular formula is C21H18F2N6O4S. The molecule has 3 aromatic rings. The van der Waals surface area contributed by atoms with Crippen LogP contribution in [0.3, 0.4) is 0 Å². The van der Waals surface area contributed by atoms with Crippen LogP contribution in [0.1, 0.15) is 11.1 Å². The summed E-state index contributed by atoms with van der Waals surface area (Å²) < 4.78 is 52.2. The molecule has 5 rings (SSSR count). The zero-order valence-corrected chi connectivity index (χ0v) is 18.6. The number of carbonyl (C=O) groups is 1. The first-order valence-electron chi connectivity index (χ1n) is 10.1. The third kappa shape index (κ3) is 3.87. The molecule has 0 bridgehead atoms. The Morgan fingerprint density at radius 2 is 2.12 bits per heavy atom. The van der Waals surface area contributed by atoms with Gasteiger partial charge in [0.2, 0.25) is 5.88 Å². The van der Waals surface area contributed by atoms with E-state index in [4.69, 9.17) is 14.2 Å². The molecule has 1 amide bonds. The molecule has 1 saturated heterocycles. The number of ether oxygens (including phenoxy) is 3. The number of hydrogen-bond donors (Lipinski definition) is 2. The number of anilines is 1. The highest BCUT2D eigenvalue weighted by Crippen LogP contribution is 2.48. The maximum atomic E-state index is 15.4. The third-order valence-corrected chi connectivity index (χ3v) is 5.93. The molecule has 1 spiro atoms. The number of carbonyl (C=O) groups excluding carboxylic acids is 1. The molecule has 2 N–H and O–H groups in total. The maximum absolute atomic E-state index is 15.4. The average molecular weight is 488 g/mol. The zero-order valence-electron chi connectivity index (χ0n) is 17.7. The Kier molecular flexibility index (Phi) is 5.89. The van der Waals surface area contributed by atoms with Crippen LogP contribution < -0.4 is 18.9 Å². The Hall–Kier alpha value is -3.55. The van der Waals surface area contributed by atoms with Crippen molar-refractivity contribution in [1.82, 2.24) is 24.8 Å². The van der Waals surface area contributed by atoms with Gasteiger partial charge in [-0.1, -0.05) is 0 Å². The van der Waals surface area contributed by atoms with Gasteiger partial charge in [-0.25, -0.2) is 23.3 Å². The number of hydrogen-bond acceptors (Lipinski definition) is 10. The molecule has 0 saturated carbocycles. The standard InChI is InChI=1S/C21H18F2N6O4S/c1-24-34-28-19-18(23)12(4-6-25-19)9-29-20(30)33-15-8-13(32-16-3-2-5-26-27-16)7-14(22)17(15)21(29)10-31-11-21/h2-8,24H,9-11H2,1H3,(H,25,28). The van der Waals surface area contributed by atoms with Crippen molar-refractivity contribution in [2.75, 3.05) is 25.0 Å². The van der Waals surface area contributed by atoms with E-state index >= 15 is 8.78 Å². The van der Waals surface area contributed by atoms with Crippen LogP contribution in [0.15, 0.2) is 42.7 Å². The lowest BCUT2D eigenvalue weighted by molar-refractivity contribution is -0.145. The molecule has 0 atom stereocenters. The molecule has 0 aliphatic carbocycles. The molecule has 10 nitrogen and oxygen atoms in total. The van der Waals surface area contributed by atoms with Crippen LogP contribution in [-0.2, 0) is 16.8 Å². The van der Waals surface area contributed by atoms with Crippen molar-refractivity contribution in [3.63, 3.8) is 0 Å². The van der Waals surface area contributed by atoms with Gasteiger partial charge in [-0.2, -0.15) is 5.10 Å². The molecule has 1 fully saturated rings. The maximum Gasteiger partial charge on any atom is 0.416 e. The number of aromatic nitrogens is 3. The van der Waals surface area contributed by atoms with Crippen molar-refractivity contribution in [1.29, 1.82) is 0 Å². The van der Waals surface area contributed by atoms with Crippen LogP contribution in [0.4, 0.5) is 19.4 Å². The second-order valence-corrected chi connectivity index (χ2v) is 8.28. The van der Waals surface area contributed by atoms with E-state index in [2.05, 4.69) is 24.6 Å². The molecule has 176 valence electrons. The third-order valence-electron chi connectivity index (χ3n) is 5.43. The van der Waals surface area contributed by atoms with Gasteiger partial charge in [-0.05, 0) is 19.2 Å². The lowest BCUT2D eigenvalue weighted by atomic mass is 9.83. The summed E-state index contributed by atoms with van der Waals surface area (Å²) in [6.07, 6.45) is 2.13. The second kappa shape index (κ2) is 9.00. The van der Waals surface area contributed by atoms with Gasteiger partial charge >= 0.3 is 6.09 Å². The first-order valence-corrected chi connectivity index (χ1v) is 10.9. The van der Waals surface area contributed by atoms with E-state index in [1.165, 1.54) is 35.5 Å². The molecule has 4 heterocycles. The van der Waals surface area contributed by atoms with E-state index in [0.29, 0.717) is 0 Å². The highest BCUT2D eigenvalue weighted by atomic mass is 32.2. The largest absolute Gasteiger partial charge is 0.437 e. The van der Waals surface area contributed by atoms with Gasteiger partial charge in [0.1, 0.15) is 22.9 Å². The quantitative estimate of drug-likeness (QED) is 0.480. The van der Waals surface area contributed by atoms with Gasteiger partial charge in [0.25, 0.3) is 0 Å². The Morgan fingerprint density at radius 3 is 2.82 bits per heavy atom. The smallest absolute Gasteiger partial charge is 0.416 e. The van der Waals surface area contributed by atoms with Gasteiger partial charge in [0.05, 0.1) is 25.3 Å². The topological polar surface area (TPSA) is 111 Å². The summed E-state index contributed by atoms with van der Waals surface area (Å²) in [4.78, 5) is 18.3. The summed E-state index contributed by atoms with van der Waals surface area (Å²) in [7, 11) is 1.67. The fraction of sp³-hybridized carbons (Fsp3) is 0.238. The van der Waals surface area contributed by atoms with E-state index < -0.39 is 23.3 Å². The summed E-state index contributed by atoms with van der Waals surface area (Å²) >= 11 is 1.04. The molecule has 0 radical (unpaired) electrons. The van der Waals surface area contributed by atoms with Gasteiger partial charge in [-0.3, -0.25) is 9.62 Å². The van der Waals surface area contributed by atoms with E-state index in [1.54, 1.807) is 19.2 Å². The zero-order chi connectivity index (χ0) is 23.7. The lowest BCUT2D eigenvalue weighted by Gasteiger charge is -2.51. The van der Waals surface area contributed by atoms with Gasteiger partial charge in [0, 0.05) is 48.3 Å². The minimum Gasteiger partial charge on any atom is -0.437 e.